The number of aliphatic hydroxyl groups is 1. The fraction of sp³-hybridized carbons (Fsp3) is 1.00. The number of ether oxygens (including phenoxy) is 2. The molecule has 0 aromatic rings. The standard InChI is InChI=1S/C5H10O3/c6-3-5-1-2-7-4-8-5/h5-6H,1-4H2/t5-/m1/s1. The van der Waals surface area contributed by atoms with E-state index in [1.165, 1.54) is 0 Å². The van der Waals surface area contributed by atoms with Crippen LogP contribution in [0.1, 0.15) is 6.42 Å². The first-order valence-corrected chi connectivity index (χ1v) is 2.73. The molecule has 0 spiro atoms. The SMILES string of the molecule is OC[C@H]1CCOCO1. The van der Waals surface area contributed by atoms with Crippen molar-refractivity contribution in [3.63, 3.8) is 0 Å². The fourth-order valence-corrected chi connectivity index (χ4v) is 0.645. The second kappa shape index (κ2) is 3.02. The smallest absolute Gasteiger partial charge is 0.147 e. The minimum absolute atomic E-state index is 0.0174. The van der Waals surface area contributed by atoms with Crippen LogP contribution in [-0.2, 0) is 9.47 Å². The molecule has 48 valence electrons. The number of rotatable bonds is 1. The monoisotopic (exact) mass is 118 g/mol. The molecule has 1 aliphatic rings. The van der Waals surface area contributed by atoms with Crippen LogP contribution in [0.2, 0.25) is 0 Å². The predicted molar refractivity (Wildman–Crippen MR) is 27.4 cm³/mol. The van der Waals surface area contributed by atoms with Gasteiger partial charge in [-0.3, -0.25) is 0 Å². The molecule has 1 heterocycles. The molecule has 1 fully saturated rings. The third kappa shape index (κ3) is 1.43. The minimum atomic E-state index is 0.0174. The average molecular weight is 118 g/mol. The summed E-state index contributed by atoms with van der Waals surface area (Å²) >= 11 is 0. The van der Waals surface area contributed by atoms with E-state index in [1.807, 2.05) is 0 Å². The fourth-order valence-electron chi connectivity index (χ4n) is 0.645. The molecule has 1 aliphatic heterocycles. The van der Waals surface area contributed by atoms with Crippen molar-refractivity contribution in [2.24, 2.45) is 0 Å². The molecule has 0 radical (unpaired) electrons. The van der Waals surface area contributed by atoms with Gasteiger partial charge >= 0.3 is 0 Å². The Morgan fingerprint density at radius 1 is 1.62 bits per heavy atom. The lowest BCUT2D eigenvalue weighted by atomic mass is 10.3. The van der Waals surface area contributed by atoms with Crippen molar-refractivity contribution in [1.29, 1.82) is 0 Å². The first-order valence-electron chi connectivity index (χ1n) is 2.73. The van der Waals surface area contributed by atoms with Crippen LogP contribution in [0.5, 0.6) is 0 Å². The summed E-state index contributed by atoms with van der Waals surface area (Å²) in [6.07, 6.45) is 0.833. The molecule has 0 aliphatic carbocycles. The lowest BCUT2D eigenvalue weighted by Crippen LogP contribution is -2.26. The summed E-state index contributed by atoms with van der Waals surface area (Å²) in [6.45, 7) is 1.17. The van der Waals surface area contributed by atoms with Crippen molar-refractivity contribution in [3.05, 3.63) is 0 Å². The molecule has 0 bridgehead atoms. The van der Waals surface area contributed by atoms with Crippen molar-refractivity contribution in [3.8, 4) is 0 Å². The Morgan fingerprint density at radius 2 is 2.50 bits per heavy atom. The van der Waals surface area contributed by atoms with Crippen molar-refractivity contribution >= 4 is 0 Å². The Hall–Kier alpha value is -0.120. The summed E-state index contributed by atoms with van der Waals surface area (Å²) in [5.41, 5.74) is 0. The minimum Gasteiger partial charge on any atom is -0.394 e. The molecule has 0 saturated carbocycles. The first-order chi connectivity index (χ1) is 3.93. The van der Waals surface area contributed by atoms with E-state index in [0.717, 1.165) is 6.42 Å². The Labute approximate surface area is 48.2 Å². The summed E-state index contributed by atoms with van der Waals surface area (Å²) in [7, 11) is 0. The highest BCUT2D eigenvalue weighted by atomic mass is 16.7. The highest BCUT2D eigenvalue weighted by Crippen LogP contribution is 2.03. The second-order valence-corrected chi connectivity index (χ2v) is 1.79. The quantitative estimate of drug-likeness (QED) is 0.515. The molecule has 0 amide bonds. The topological polar surface area (TPSA) is 38.7 Å². The summed E-state index contributed by atoms with van der Waals surface area (Å²) in [4.78, 5) is 0. The van der Waals surface area contributed by atoms with Crippen molar-refractivity contribution < 1.29 is 14.6 Å². The van der Waals surface area contributed by atoms with Crippen LogP contribution in [0.25, 0.3) is 0 Å². The first kappa shape index (κ1) is 6.01. The predicted octanol–water partition coefficient (Wildman–Crippen LogP) is -0.258. The van der Waals surface area contributed by atoms with Gasteiger partial charge in [-0.15, -0.1) is 0 Å². The summed E-state index contributed by atoms with van der Waals surface area (Å²) in [5.74, 6) is 0. The number of hydrogen-bond acceptors (Lipinski definition) is 3. The molecule has 1 N–H and O–H groups in total. The number of aliphatic hydroxyl groups excluding tert-OH is 1. The van der Waals surface area contributed by atoms with Gasteiger partial charge in [0, 0.05) is 0 Å². The van der Waals surface area contributed by atoms with Gasteiger partial charge in [0.2, 0.25) is 0 Å². The highest BCUT2D eigenvalue weighted by molar-refractivity contribution is 4.56. The Balaban J connectivity index is 2.13. The van der Waals surface area contributed by atoms with E-state index in [2.05, 4.69) is 0 Å². The van der Waals surface area contributed by atoms with E-state index in [0.29, 0.717) is 13.4 Å². The molecular weight excluding hydrogens is 108 g/mol. The van der Waals surface area contributed by atoms with Gasteiger partial charge < -0.3 is 14.6 Å². The van der Waals surface area contributed by atoms with Gasteiger partial charge in [0.1, 0.15) is 6.79 Å². The van der Waals surface area contributed by atoms with Gasteiger partial charge in [-0.2, -0.15) is 0 Å². The van der Waals surface area contributed by atoms with Gasteiger partial charge in [-0.05, 0) is 6.42 Å². The molecule has 0 aromatic heterocycles. The molecule has 0 aromatic carbocycles. The van der Waals surface area contributed by atoms with Crippen LogP contribution < -0.4 is 0 Å². The van der Waals surface area contributed by atoms with Gasteiger partial charge in [0.15, 0.2) is 0 Å². The van der Waals surface area contributed by atoms with E-state index < -0.39 is 0 Å². The van der Waals surface area contributed by atoms with Crippen molar-refractivity contribution in [1.82, 2.24) is 0 Å². The zero-order chi connectivity index (χ0) is 5.82. The Bertz CT molecular complexity index is 58.7. The molecule has 3 nitrogen and oxygen atoms in total. The van der Waals surface area contributed by atoms with Gasteiger partial charge in [-0.1, -0.05) is 0 Å². The van der Waals surface area contributed by atoms with Crippen LogP contribution in [0, 0.1) is 0 Å². The van der Waals surface area contributed by atoms with E-state index in [9.17, 15) is 0 Å². The zero-order valence-corrected chi connectivity index (χ0v) is 4.67. The van der Waals surface area contributed by atoms with Crippen LogP contribution in [0.4, 0.5) is 0 Å². The van der Waals surface area contributed by atoms with E-state index >= 15 is 0 Å². The van der Waals surface area contributed by atoms with E-state index in [-0.39, 0.29) is 12.7 Å². The molecule has 8 heavy (non-hydrogen) atoms. The summed E-state index contributed by atoms with van der Waals surface area (Å²) in [6, 6.07) is 0. The van der Waals surface area contributed by atoms with Gasteiger partial charge in [0.25, 0.3) is 0 Å². The Morgan fingerprint density at radius 3 is 2.88 bits per heavy atom. The van der Waals surface area contributed by atoms with E-state index in [4.69, 9.17) is 14.6 Å². The second-order valence-electron chi connectivity index (χ2n) is 1.79. The highest BCUT2D eigenvalue weighted by Gasteiger charge is 2.11. The molecule has 1 rings (SSSR count). The van der Waals surface area contributed by atoms with Crippen LogP contribution in [0.15, 0.2) is 0 Å². The maximum absolute atomic E-state index is 8.51. The van der Waals surface area contributed by atoms with Gasteiger partial charge in [-0.25, -0.2) is 0 Å². The maximum atomic E-state index is 8.51. The van der Waals surface area contributed by atoms with Crippen molar-refractivity contribution in [2.75, 3.05) is 20.0 Å². The third-order valence-electron chi connectivity index (χ3n) is 1.17. The molecule has 0 unspecified atom stereocenters. The van der Waals surface area contributed by atoms with Crippen LogP contribution >= 0.6 is 0 Å². The van der Waals surface area contributed by atoms with E-state index in [1.54, 1.807) is 0 Å². The van der Waals surface area contributed by atoms with Gasteiger partial charge in [0.05, 0.1) is 19.3 Å². The molecular formula is C5H10O3. The van der Waals surface area contributed by atoms with Crippen LogP contribution in [-0.4, -0.2) is 31.2 Å². The lowest BCUT2D eigenvalue weighted by molar-refractivity contribution is -0.149. The molecule has 3 heteroatoms. The Kier molecular flexibility index (Phi) is 2.27. The normalized spacial score (nSPS) is 30.4. The lowest BCUT2D eigenvalue weighted by Gasteiger charge is -2.20. The average Bonchev–Trinajstić information content (AvgIpc) is 1.90. The summed E-state index contributed by atoms with van der Waals surface area (Å²) < 4.78 is 9.82. The maximum Gasteiger partial charge on any atom is 0.147 e. The third-order valence-corrected chi connectivity index (χ3v) is 1.17. The largest absolute Gasteiger partial charge is 0.394 e. The molecule has 1 atom stereocenters. The molecule has 1 saturated heterocycles. The van der Waals surface area contributed by atoms with Crippen LogP contribution in [0.3, 0.4) is 0 Å². The zero-order valence-electron chi connectivity index (χ0n) is 4.67. The summed E-state index contributed by atoms with van der Waals surface area (Å²) in [5, 5.41) is 8.51. The van der Waals surface area contributed by atoms with Crippen molar-refractivity contribution in [2.45, 2.75) is 12.5 Å². The number of hydrogen-bond donors (Lipinski definition) is 1.